The highest BCUT2D eigenvalue weighted by Crippen LogP contribution is 2.23. The molecule has 1 aromatic heterocycles. The van der Waals surface area contributed by atoms with Gasteiger partial charge in [0.1, 0.15) is 0 Å². The first-order valence-corrected chi connectivity index (χ1v) is 6.71. The highest BCUT2D eigenvalue weighted by Gasteiger charge is 2.13. The number of aryl methyl sites for hydroxylation is 1. The first-order chi connectivity index (χ1) is 9.09. The van der Waals surface area contributed by atoms with Crippen molar-refractivity contribution in [1.82, 2.24) is 25.5 Å². The van der Waals surface area contributed by atoms with Crippen LogP contribution >= 0.6 is 11.6 Å². The zero-order valence-corrected chi connectivity index (χ0v) is 12.1. The van der Waals surface area contributed by atoms with E-state index < -0.39 is 0 Å². The molecule has 5 nitrogen and oxygen atoms in total. The molecule has 1 N–H and O–H groups in total. The molecule has 1 heterocycles. The maximum atomic E-state index is 6.24. The van der Waals surface area contributed by atoms with Crippen molar-refractivity contribution in [2.45, 2.75) is 27.3 Å². The van der Waals surface area contributed by atoms with Crippen molar-refractivity contribution in [2.24, 2.45) is 5.92 Å². The van der Waals surface area contributed by atoms with Gasteiger partial charge in [-0.25, -0.2) is 0 Å². The van der Waals surface area contributed by atoms with E-state index in [1.807, 2.05) is 25.1 Å². The Bertz CT molecular complexity index is 529. The fraction of sp³-hybridized carbons (Fsp3) is 0.462. The smallest absolute Gasteiger partial charge is 0.170 e. The minimum Gasteiger partial charge on any atom is -0.310 e. The number of benzene rings is 1. The number of nitrogens with zero attached hydrogens (tertiary/aromatic N) is 4. The van der Waals surface area contributed by atoms with Gasteiger partial charge >= 0.3 is 0 Å². The molecule has 0 saturated heterocycles. The van der Waals surface area contributed by atoms with E-state index >= 15 is 0 Å². The number of para-hydroxylation sites is 1. The van der Waals surface area contributed by atoms with E-state index in [0.29, 0.717) is 17.5 Å². The number of aromatic nitrogens is 4. The standard InChI is InChI=1S/C13H18ClN5/c1-9(2)7-15-8-12-16-17-18-19(12)13-10(3)5-4-6-11(13)14/h4-6,9,15H,7-8H2,1-3H3. The van der Waals surface area contributed by atoms with Crippen molar-refractivity contribution in [3.8, 4) is 5.69 Å². The van der Waals surface area contributed by atoms with E-state index in [4.69, 9.17) is 11.6 Å². The van der Waals surface area contributed by atoms with Gasteiger partial charge in [-0.3, -0.25) is 0 Å². The van der Waals surface area contributed by atoms with Crippen LogP contribution < -0.4 is 5.32 Å². The summed E-state index contributed by atoms with van der Waals surface area (Å²) in [5.41, 5.74) is 1.89. The summed E-state index contributed by atoms with van der Waals surface area (Å²) < 4.78 is 1.70. The average molecular weight is 280 g/mol. The maximum Gasteiger partial charge on any atom is 0.170 e. The van der Waals surface area contributed by atoms with Crippen LogP contribution in [0.15, 0.2) is 18.2 Å². The molecule has 0 spiro atoms. The van der Waals surface area contributed by atoms with Gasteiger partial charge in [-0.1, -0.05) is 37.6 Å². The molecule has 0 aliphatic heterocycles. The van der Waals surface area contributed by atoms with E-state index in [1.54, 1.807) is 4.68 Å². The molecule has 0 bridgehead atoms. The lowest BCUT2D eigenvalue weighted by Gasteiger charge is -2.11. The summed E-state index contributed by atoms with van der Waals surface area (Å²) in [7, 11) is 0. The minimum absolute atomic E-state index is 0.589. The second-order valence-corrected chi connectivity index (χ2v) is 5.34. The van der Waals surface area contributed by atoms with Crippen LogP contribution in [0, 0.1) is 12.8 Å². The molecule has 0 radical (unpaired) electrons. The van der Waals surface area contributed by atoms with Gasteiger partial charge in [0.05, 0.1) is 17.3 Å². The minimum atomic E-state index is 0.589. The van der Waals surface area contributed by atoms with E-state index in [2.05, 4.69) is 34.7 Å². The number of hydrogen-bond donors (Lipinski definition) is 1. The van der Waals surface area contributed by atoms with Gasteiger partial charge < -0.3 is 5.32 Å². The summed E-state index contributed by atoms with van der Waals surface area (Å²) in [4.78, 5) is 0. The SMILES string of the molecule is Cc1cccc(Cl)c1-n1nnnc1CNCC(C)C. The lowest BCUT2D eigenvalue weighted by Crippen LogP contribution is -2.21. The van der Waals surface area contributed by atoms with Crippen LogP contribution in [0.3, 0.4) is 0 Å². The van der Waals surface area contributed by atoms with Crippen molar-refractivity contribution in [1.29, 1.82) is 0 Å². The van der Waals surface area contributed by atoms with Gasteiger partial charge in [0.15, 0.2) is 5.82 Å². The zero-order chi connectivity index (χ0) is 13.8. The second-order valence-electron chi connectivity index (χ2n) is 4.94. The Morgan fingerprint density at radius 3 is 2.84 bits per heavy atom. The van der Waals surface area contributed by atoms with Crippen LogP contribution in [0.2, 0.25) is 5.02 Å². The molecule has 0 unspecified atom stereocenters. The molecule has 0 aliphatic carbocycles. The van der Waals surface area contributed by atoms with Crippen molar-refractivity contribution in [3.63, 3.8) is 0 Å². The highest BCUT2D eigenvalue weighted by atomic mass is 35.5. The summed E-state index contributed by atoms with van der Waals surface area (Å²) in [6.45, 7) is 7.86. The Balaban J connectivity index is 2.24. The van der Waals surface area contributed by atoms with Crippen molar-refractivity contribution in [3.05, 3.63) is 34.6 Å². The van der Waals surface area contributed by atoms with Gasteiger partial charge in [-0.05, 0) is 41.4 Å². The average Bonchev–Trinajstić information content (AvgIpc) is 2.77. The lowest BCUT2D eigenvalue weighted by molar-refractivity contribution is 0.537. The van der Waals surface area contributed by atoms with Crippen LogP contribution in [0.1, 0.15) is 25.2 Å². The number of nitrogens with one attached hydrogen (secondary N) is 1. The van der Waals surface area contributed by atoms with Crippen molar-refractivity contribution >= 4 is 11.6 Å². The Labute approximate surface area is 118 Å². The number of halogens is 1. The largest absolute Gasteiger partial charge is 0.310 e. The Kier molecular flexibility index (Phi) is 4.50. The molecule has 0 aliphatic rings. The number of hydrogen-bond acceptors (Lipinski definition) is 4. The first-order valence-electron chi connectivity index (χ1n) is 6.33. The predicted molar refractivity (Wildman–Crippen MR) is 75.4 cm³/mol. The summed E-state index contributed by atoms with van der Waals surface area (Å²) >= 11 is 6.24. The molecule has 0 atom stereocenters. The van der Waals surface area contributed by atoms with Crippen LogP contribution in [0.25, 0.3) is 5.69 Å². The summed E-state index contributed by atoms with van der Waals surface area (Å²) in [5, 5.41) is 15.8. The Morgan fingerprint density at radius 1 is 1.37 bits per heavy atom. The summed E-state index contributed by atoms with van der Waals surface area (Å²) in [6.07, 6.45) is 0. The molecular formula is C13H18ClN5. The molecule has 102 valence electrons. The molecule has 2 aromatic rings. The molecular weight excluding hydrogens is 262 g/mol. The van der Waals surface area contributed by atoms with Gasteiger partial charge in [-0.15, -0.1) is 5.10 Å². The molecule has 6 heteroatoms. The fourth-order valence-corrected chi connectivity index (χ4v) is 2.16. The van der Waals surface area contributed by atoms with Gasteiger partial charge in [0.2, 0.25) is 0 Å². The summed E-state index contributed by atoms with van der Waals surface area (Å²) in [6, 6.07) is 5.76. The third-order valence-electron chi connectivity index (χ3n) is 2.77. The van der Waals surface area contributed by atoms with Crippen LogP contribution in [0.5, 0.6) is 0 Å². The molecule has 1 aromatic carbocycles. The second kappa shape index (κ2) is 6.12. The third-order valence-corrected chi connectivity index (χ3v) is 3.08. The first kappa shape index (κ1) is 14.0. The topological polar surface area (TPSA) is 55.6 Å². The zero-order valence-electron chi connectivity index (χ0n) is 11.4. The quantitative estimate of drug-likeness (QED) is 0.913. The van der Waals surface area contributed by atoms with Crippen molar-refractivity contribution in [2.75, 3.05) is 6.54 Å². The van der Waals surface area contributed by atoms with Crippen LogP contribution in [0.4, 0.5) is 0 Å². The van der Waals surface area contributed by atoms with E-state index in [9.17, 15) is 0 Å². The van der Waals surface area contributed by atoms with Crippen LogP contribution in [-0.2, 0) is 6.54 Å². The lowest BCUT2D eigenvalue weighted by atomic mass is 10.2. The molecule has 0 fully saturated rings. The number of rotatable bonds is 5. The molecule has 19 heavy (non-hydrogen) atoms. The molecule has 0 saturated carbocycles. The maximum absolute atomic E-state index is 6.24. The van der Waals surface area contributed by atoms with E-state index in [0.717, 1.165) is 23.6 Å². The van der Waals surface area contributed by atoms with E-state index in [1.165, 1.54) is 0 Å². The summed E-state index contributed by atoms with van der Waals surface area (Å²) in [5.74, 6) is 1.35. The van der Waals surface area contributed by atoms with Gasteiger partial charge in [-0.2, -0.15) is 4.68 Å². The number of tetrazole rings is 1. The highest BCUT2D eigenvalue weighted by molar-refractivity contribution is 6.32. The third kappa shape index (κ3) is 3.30. The monoisotopic (exact) mass is 279 g/mol. The molecule has 0 amide bonds. The molecule has 2 rings (SSSR count). The Morgan fingerprint density at radius 2 is 2.16 bits per heavy atom. The van der Waals surface area contributed by atoms with Crippen molar-refractivity contribution < 1.29 is 0 Å². The fourth-order valence-electron chi connectivity index (χ4n) is 1.85. The normalized spacial score (nSPS) is 11.2. The van der Waals surface area contributed by atoms with Gasteiger partial charge in [0.25, 0.3) is 0 Å². The van der Waals surface area contributed by atoms with Gasteiger partial charge in [0, 0.05) is 0 Å². The van der Waals surface area contributed by atoms with E-state index in [-0.39, 0.29) is 0 Å². The predicted octanol–water partition coefficient (Wildman–Crippen LogP) is 2.37. The Hall–Kier alpha value is -1.46. The van der Waals surface area contributed by atoms with Crippen LogP contribution in [-0.4, -0.2) is 26.8 Å².